The molecular weight excluding hydrogens is 412 g/mol. The van der Waals surface area contributed by atoms with Gasteiger partial charge in [-0.2, -0.15) is 0 Å². The second-order valence-corrected chi connectivity index (χ2v) is 10.2. The maximum Gasteiger partial charge on any atom is 0.161 e. The number of pyridine rings is 2. The van der Waals surface area contributed by atoms with Crippen molar-refractivity contribution in [1.29, 1.82) is 0 Å². The molecule has 0 spiro atoms. The maximum atomic E-state index is 6.38. The zero-order valence-corrected chi connectivity index (χ0v) is 19.0. The van der Waals surface area contributed by atoms with Gasteiger partial charge in [-0.3, -0.25) is 9.97 Å². The van der Waals surface area contributed by atoms with Crippen molar-refractivity contribution in [3.05, 3.63) is 84.0 Å². The summed E-state index contributed by atoms with van der Waals surface area (Å²) in [6, 6.07) is 21.3. The van der Waals surface area contributed by atoms with E-state index in [9.17, 15) is 0 Å². The zero-order valence-electron chi connectivity index (χ0n) is 18.2. The largest absolute Gasteiger partial charge is 0.452 e. The summed E-state index contributed by atoms with van der Waals surface area (Å²) >= 11 is 1.71. The third-order valence-corrected chi connectivity index (χ3v) is 6.85. The van der Waals surface area contributed by atoms with Gasteiger partial charge in [0.25, 0.3) is 0 Å². The molecule has 0 radical (unpaired) electrons. The molecule has 0 saturated heterocycles. The highest BCUT2D eigenvalue weighted by Gasteiger charge is 2.20. The van der Waals surface area contributed by atoms with Crippen LogP contribution in [-0.2, 0) is 5.41 Å². The van der Waals surface area contributed by atoms with Gasteiger partial charge in [0.15, 0.2) is 11.3 Å². The van der Waals surface area contributed by atoms with E-state index in [-0.39, 0.29) is 5.41 Å². The fourth-order valence-electron chi connectivity index (χ4n) is 4.35. The molecule has 32 heavy (non-hydrogen) atoms. The molecule has 0 aliphatic rings. The Balaban J connectivity index is 1.56. The summed E-state index contributed by atoms with van der Waals surface area (Å²) in [7, 11) is 0. The second-order valence-electron chi connectivity index (χ2n) is 9.21. The van der Waals surface area contributed by atoms with Crippen molar-refractivity contribution < 1.29 is 4.42 Å². The van der Waals surface area contributed by atoms with E-state index in [0.717, 1.165) is 39.1 Å². The molecule has 6 rings (SSSR count). The summed E-state index contributed by atoms with van der Waals surface area (Å²) in [4.78, 5) is 9.37. The number of hydrogen-bond donors (Lipinski definition) is 0. The van der Waals surface area contributed by atoms with Crippen LogP contribution in [0.2, 0.25) is 0 Å². The van der Waals surface area contributed by atoms with Gasteiger partial charge < -0.3 is 4.42 Å². The van der Waals surface area contributed by atoms with Crippen molar-refractivity contribution in [3.63, 3.8) is 0 Å². The van der Waals surface area contributed by atoms with E-state index in [2.05, 4.69) is 85.7 Å². The number of fused-ring (bicyclic) bond motifs is 3. The predicted octanol–water partition coefficient (Wildman–Crippen LogP) is 8.22. The number of furan rings is 1. The van der Waals surface area contributed by atoms with E-state index in [1.807, 2.05) is 18.5 Å². The van der Waals surface area contributed by atoms with Gasteiger partial charge in [-0.05, 0) is 63.5 Å². The van der Waals surface area contributed by atoms with Crippen LogP contribution in [0.15, 0.2) is 82.9 Å². The second kappa shape index (κ2) is 7.01. The lowest BCUT2D eigenvalue weighted by atomic mass is 9.82. The first-order valence-electron chi connectivity index (χ1n) is 10.7. The van der Waals surface area contributed by atoms with Gasteiger partial charge in [-0.25, -0.2) is 0 Å². The van der Waals surface area contributed by atoms with Crippen molar-refractivity contribution in [2.45, 2.75) is 26.2 Å². The summed E-state index contributed by atoms with van der Waals surface area (Å²) in [5.41, 5.74) is 4.89. The van der Waals surface area contributed by atoms with E-state index < -0.39 is 0 Å². The molecule has 4 heterocycles. The van der Waals surface area contributed by atoms with Crippen LogP contribution in [0.5, 0.6) is 0 Å². The molecule has 0 unspecified atom stereocenters. The highest BCUT2D eigenvalue weighted by molar-refractivity contribution is 7.17. The number of nitrogens with zero attached hydrogens (tertiary/aromatic N) is 2. The number of aromatic nitrogens is 2. The SMILES string of the molecule is CC(C)(C)c1cc(-c2nccc3cc(-c4cc5sccc5cn4)oc23)cc2ccccc12. The minimum absolute atomic E-state index is 0.0118. The summed E-state index contributed by atoms with van der Waals surface area (Å²) < 4.78 is 7.59. The molecule has 0 atom stereocenters. The van der Waals surface area contributed by atoms with Gasteiger partial charge >= 0.3 is 0 Å². The van der Waals surface area contributed by atoms with Crippen molar-refractivity contribution in [3.8, 4) is 22.7 Å². The molecule has 4 heteroatoms. The minimum Gasteiger partial charge on any atom is -0.452 e. The molecule has 3 nitrogen and oxygen atoms in total. The molecular formula is C28H22N2OS. The summed E-state index contributed by atoms with van der Waals surface area (Å²) in [5.74, 6) is 0.765. The van der Waals surface area contributed by atoms with Crippen LogP contribution in [0.3, 0.4) is 0 Å². The van der Waals surface area contributed by atoms with E-state index in [1.54, 1.807) is 11.3 Å². The van der Waals surface area contributed by atoms with Crippen LogP contribution < -0.4 is 0 Å². The zero-order chi connectivity index (χ0) is 21.9. The lowest BCUT2D eigenvalue weighted by Crippen LogP contribution is -2.12. The highest BCUT2D eigenvalue weighted by atomic mass is 32.1. The fraction of sp³-hybridized carbons (Fsp3) is 0.143. The molecule has 2 aromatic carbocycles. The Morgan fingerprint density at radius 1 is 0.844 bits per heavy atom. The normalized spacial score (nSPS) is 12.2. The average Bonchev–Trinajstić information content (AvgIpc) is 3.43. The Morgan fingerprint density at radius 2 is 1.72 bits per heavy atom. The quantitative estimate of drug-likeness (QED) is 0.275. The standard InChI is InChI=1S/C28H22N2OS/c1-28(2,3)22-13-20(12-17-6-4-5-7-21(17)22)26-27-18(8-10-29-26)14-24(31-27)23-15-25-19(16-30-23)9-11-32-25/h4-16H,1-3H3. The first kappa shape index (κ1) is 19.2. The summed E-state index contributed by atoms with van der Waals surface area (Å²) in [6.07, 6.45) is 3.77. The van der Waals surface area contributed by atoms with Crippen molar-refractivity contribution in [2.24, 2.45) is 0 Å². The highest BCUT2D eigenvalue weighted by Crippen LogP contribution is 2.38. The topological polar surface area (TPSA) is 38.9 Å². The molecule has 6 aromatic rings. The Kier molecular flexibility index (Phi) is 4.21. The smallest absolute Gasteiger partial charge is 0.161 e. The third-order valence-electron chi connectivity index (χ3n) is 5.97. The number of rotatable bonds is 2. The van der Waals surface area contributed by atoms with E-state index in [1.165, 1.54) is 21.0 Å². The monoisotopic (exact) mass is 434 g/mol. The average molecular weight is 435 g/mol. The van der Waals surface area contributed by atoms with Crippen molar-refractivity contribution >= 4 is 43.2 Å². The third kappa shape index (κ3) is 3.10. The van der Waals surface area contributed by atoms with E-state index in [0.29, 0.717) is 0 Å². The lowest BCUT2D eigenvalue weighted by molar-refractivity contribution is 0.596. The molecule has 0 amide bonds. The molecule has 0 fully saturated rings. The van der Waals surface area contributed by atoms with Crippen LogP contribution >= 0.6 is 11.3 Å². The molecule has 156 valence electrons. The van der Waals surface area contributed by atoms with Crippen LogP contribution in [-0.4, -0.2) is 9.97 Å². The molecule has 0 aliphatic heterocycles. The van der Waals surface area contributed by atoms with E-state index in [4.69, 9.17) is 9.40 Å². The van der Waals surface area contributed by atoms with Crippen LogP contribution in [0.4, 0.5) is 0 Å². The van der Waals surface area contributed by atoms with Gasteiger partial charge in [0.1, 0.15) is 11.4 Å². The van der Waals surface area contributed by atoms with Crippen LogP contribution in [0, 0.1) is 0 Å². The molecule has 4 aromatic heterocycles. The predicted molar refractivity (Wildman–Crippen MR) is 134 cm³/mol. The minimum atomic E-state index is 0.0118. The van der Waals surface area contributed by atoms with Gasteiger partial charge in [0.2, 0.25) is 0 Å². The van der Waals surface area contributed by atoms with Crippen molar-refractivity contribution in [2.75, 3.05) is 0 Å². The lowest BCUT2D eigenvalue weighted by Gasteiger charge is -2.22. The van der Waals surface area contributed by atoms with E-state index >= 15 is 0 Å². The molecule has 0 aliphatic carbocycles. The van der Waals surface area contributed by atoms with Gasteiger partial charge in [-0.15, -0.1) is 11.3 Å². The Morgan fingerprint density at radius 3 is 2.59 bits per heavy atom. The maximum absolute atomic E-state index is 6.38. The number of thiophene rings is 1. The van der Waals surface area contributed by atoms with Gasteiger partial charge in [0.05, 0.1) is 0 Å². The first-order valence-corrected chi connectivity index (χ1v) is 11.6. The molecule has 0 bridgehead atoms. The number of benzene rings is 2. The Bertz CT molecular complexity index is 1620. The summed E-state index contributed by atoms with van der Waals surface area (Å²) in [6.45, 7) is 6.76. The molecule has 0 saturated carbocycles. The molecule has 0 N–H and O–H groups in total. The number of hydrogen-bond acceptors (Lipinski definition) is 4. The van der Waals surface area contributed by atoms with Crippen LogP contribution in [0.1, 0.15) is 26.3 Å². The fourth-order valence-corrected chi connectivity index (χ4v) is 5.15. The summed E-state index contributed by atoms with van der Waals surface area (Å²) in [5, 5.41) is 6.77. The first-order chi connectivity index (χ1) is 15.5. The van der Waals surface area contributed by atoms with Gasteiger partial charge in [0, 0.05) is 33.4 Å². The van der Waals surface area contributed by atoms with Crippen LogP contribution in [0.25, 0.3) is 54.5 Å². The Hall–Kier alpha value is -3.50. The Labute approximate surface area is 190 Å². The van der Waals surface area contributed by atoms with Gasteiger partial charge in [-0.1, -0.05) is 45.0 Å². The van der Waals surface area contributed by atoms with Crippen molar-refractivity contribution in [1.82, 2.24) is 9.97 Å².